The van der Waals surface area contributed by atoms with Gasteiger partial charge in [-0.15, -0.1) is 0 Å². The number of halogens is 2. The van der Waals surface area contributed by atoms with Crippen LogP contribution in [0.5, 0.6) is 0 Å². The average Bonchev–Trinajstić information content (AvgIpc) is 2.08. The van der Waals surface area contributed by atoms with E-state index in [0.29, 0.717) is 4.60 Å². The fraction of sp³-hybridized carbons (Fsp3) is 0.200. The van der Waals surface area contributed by atoms with Gasteiger partial charge in [-0.3, -0.25) is 0 Å². The van der Waals surface area contributed by atoms with Crippen molar-refractivity contribution in [1.82, 2.24) is 3.97 Å². The highest BCUT2D eigenvalue weighted by Gasteiger charge is 2.12. The molecule has 0 amide bonds. The van der Waals surface area contributed by atoms with Crippen LogP contribution in [0.25, 0.3) is 0 Å². The topological polar surface area (TPSA) is 39.1 Å². The lowest BCUT2D eigenvalue weighted by Crippen LogP contribution is -2.09. The van der Waals surface area contributed by atoms with Crippen molar-refractivity contribution in [2.75, 3.05) is 6.26 Å². The van der Waals surface area contributed by atoms with Crippen molar-refractivity contribution in [3.63, 3.8) is 0 Å². The largest absolute Gasteiger partial charge is 0.237 e. The summed E-state index contributed by atoms with van der Waals surface area (Å²) in [6, 6.07) is 3.08. The molecule has 6 heteroatoms. The van der Waals surface area contributed by atoms with Crippen LogP contribution in [0.4, 0.5) is 0 Å². The van der Waals surface area contributed by atoms with Crippen LogP contribution in [0.15, 0.2) is 16.7 Å². The minimum Gasteiger partial charge on any atom is -0.221 e. The molecule has 0 bridgehead atoms. The van der Waals surface area contributed by atoms with Gasteiger partial charge in [-0.25, -0.2) is 12.4 Å². The average molecular weight is 259 g/mol. The first-order valence-electron chi connectivity index (χ1n) is 2.66. The Morgan fingerprint density at radius 1 is 1.55 bits per heavy atom. The van der Waals surface area contributed by atoms with Gasteiger partial charge in [0.2, 0.25) is 10.0 Å². The van der Waals surface area contributed by atoms with Crippen LogP contribution in [0.3, 0.4) is 0 Å². The summed E-state index contributed by atoms with van der Waals surface area (Å²) in [6.07, 6.45) is 1.09. The molecule has 0 atom stereocenters. The standard InChI is InChI=1S/C5H5BrClNO2S/c1-11(9,10)8-4(6)2-3-5(8)7/h2-3H,1H3. The quantitative estimate of drug-likeness (QED) is 0.769. The maximum atomic E-state index is 11.0. The van der Waals surface area contributed by atoms with Gasteiger partial charge in [-0.2, -0.15) is 0 Å². The first-order chi connectivity index (χ1) is 4.93. The molecule has 0 spiro atoms. The number of aromatic nitrogens is 1. The monoisotopic (exact) mass is 257 g/mol. The van der Waals surface area contributed by atoms with Gasteiger partial charge in [-0.05, 0) is 28.1 Å². The summed E-state index contributed by atoms with van der Waals surface area (Å²) in [4.78, 5) is 0. The van der Waals surface area contributed by atoms with Crippen LogP contribution in [0, 0.1) is 0 Å². The lowest BCUT2D eigenvalue weighted by molar-refractivity contribution is 0.593. The lowest BCUT2D eigenvalue weighted by Gasteiger charge is -2.01. The Bertz CT molecular complexity index is 350. The number of rotatable bonds is 1. The van der Waals surface area contributed by atoms with E-state index in [1.807, 2.05) is 0 Å². The van der Waals surface area contributed by atoms with Crippen LogP contribution in [-0.2, 0) is 10.0 Å². The number of hydrogen-bond acceptors (Lipinski definition) is 2. The van der Waals surface area contributed by atoms with E-state index in [-0.39, 0.29) is 5.15 Å². The Morgan fingerprint density at radius 2 is 2.09 bits per heavy atom. The molecule has 1 heterocycles. The normalized spacial score (nSPS) is 11.9. The predicted octanol–water partition coefficient (Wildman–Crippen LogP) is 1.71. The summed E-state index contributed by atoms with van der Waals surface area (Å²) in [5, 5.41) is 0.180. The van der Waals surface area contributed by atoms with E-state index < -0.39 is 10.0 Å². The molecule has 0 unspecified atom stereocenters. The fourth-order valence-corrected chi connectivity index (χ4v) is 3.19. The van der Waals surface area contributed by atoms with E-state index >= 15 is 0 Å². The maximum absolute atomic E-state index is 11.0. The van der Waals surface area contributed by atoms with Crippen molar-refractivity contribution in [2.45, 2.75) is 0 Å². The summed E-state index contributed by atoms with van der Waals surface area (Å²) >= 11 is 8.64. The van der Waals surface area contributed by atoms with Gasteiger partial charge in [0, 0.05) is 0 Å². The van der Waals surface area contributed by atoms with E-state index in [1.165, 1.54) is 6.07 Å². The van der Waals surface area contributed by atoms with E-state index in [1.54, 1.807) is 6.07 Å². The molecule has 62 valence electrons. The maximum Gasteiger partial charge on any atom is 0.237 e. The van der Waals surface area contributed by atoms with Gasteiger partial charge in [0.15, 0.2) is 0 Å². The van der Waals surface area contributed by atoms with Crippen LogP contribution >= 0.6 is 27.5 Å². The Morgan fingerprint density at radius 3 is 2.27 bits per heavy atom. The van der Waals surface area contributed by atoms with Crippen molar-refractivity contribution in [3.8, 4) is 0 Å². The van der Waals surface area contributed by atoms with Gasteiger partial charge >= 0.3 is 0 Å². The number of hydrogen-bond donors (Lipinski definition) is 0. The van der Waals surface area contributed by atoms with Crippen LogP contribution < -0.4 is 0 Å². The molecule has 0 aliphatic heterocycles. The Kier molecular flexibility index (Phi) is 2.32. The third-order valence-electron chi connectivity index (χ3n) is 1.08. The van der Waals surface area contributed by atoms with Crippen molar-refractivity contribution < 1.29 is 8.42 Å². The molecule has 0 aromatic carbocycles. The first kappa shape index (κ1) is 9.09. The Labute approximate surface area is 78.1 Å². The predicted molar refractivity (Wildman–Crippen MR) is 47.4 cm³/mol. The molecule has 1 rings (SSSR count). The highest BCUT2D eigenvalue weighted by atomic mass is 79.9. The molecular weight excluding hydrogens is 253 g/mol. The second-order valence-electron chi connectivity index (χ2n) is 2.01. The van der Waals surface area contributed by atoms with Gasteiger partial charge < -0.3 is 0 Å². The van der Waals surface area contributed by atoms with Gasteiger partial charge in [-0.1, -0.05) is 11.6 Å². The molecule has 0 saturated carbocycles. The lowest BCUT2D eigenvalue weighted by atomic mass is 10.7. The SMILES string of the molecule is CS(=O)(=O)n1c(Cl)ccc1Br. The molecule has 1 aromatic rings. The summed E-state index contributed by atoms with van der Waals surface area (Å²) in [6.45, 7) is 0. The summed E-state index contributed by atoms with van der Waals surface area (Å²) in [7, 11) is -3.28. The third-order valence-corrected chi connectivity index (χ3v) is 3.38. The van der Waals surface area contributed by atoms with E-state index in [9.17, 15) is 8.42 Å². The minimum atomic E-state index is -3.28. The summed E-state index contributed by atoms with van der Waals surface area (Å²) in [5.74, 6) is 0. The Balaban J connectivity index is 3.45. The van der Waals surface area contributed by atoms with Gasteiger partial charge in [0.1, 0.15) is 9.76 Å². The van der Waals surface area contributed by atoms with Crippen molar-refractivity contribution in [1.29, 1.82) is 0 Å². The number of nitrogens with zero attached hydrogens (tertiary/aromatic N) is 1. The molecule has 0 fully saturated rings. The zero-order valence-electron chi connectivity index (χ0n) is 5.58. The van der Waals surface area contributed by atoms with Crippen molar-refractivity contribution in [2.24, 2.45) is 0 Å². The molecule has 3 nitrogen and oxygen atoms in total. The smallest absolute Gasteiger partial charge is 0.221 e. The molecule has 0 aliphatic rings. The minimum absolute atomic E-state index is 0.180. The molecule has 0 saturated heterocycles. The van der Waals surface area contributed by atoms with E-state index in [0.717, 1.165) is 10.2 Å². The van der Waals surface area contributed by atoms with Gasteiger partial charge in [0.25, 0.3) is 0 Å². The van der Waals surface area contributed by atoms with E-state index in [2.05, 4.69) is 15.9 Å². The van der Waals surface area contributed by atoms with Crippen molar-refractivity contribution in [3.05, 3.63) is 21.9 Å². The highest BCUT2D eigenvalue weighted by Crippen LogP contribution is 2.21. The molecule has 11 heavy (non-hydrogen) atoms. The zero-order chi connectivity index (χ0) is 8.65. The Hall–Kier alpha value is -0.000000000000000111. The van der Waals surface area contributed by atoms with Crippen LogP contribution in [0.2, 0.25) is 5.15 Å². The summed E-state index contributed by atoms with van der Waals surface area (Å²) < 4.78 is 23.4. The second-order valence-corrected chi connectivity index (χ2v) is 5.04. The van der Waals surface area contributed by atoms with Crippen molar-refractivity contribution >= 4 is 37.6 Å². The molecular formula is C5H5BrClNO2S. The second kappa shape index (κ2) is 2.80. The molecule has 0 aliphatic carbocycles. The fourth-order valence-electron chi connectivity index (χ4n) is 0.692. The molecule has 0 N–H and O–H groups in total. The molecule has 0 radical (unpaired) electrons. The first-order valence-corrected chi connectivity index (χ1v) is 5.68. The van der Waals surface area contributed by atoms with Crippen LogP contribution in [0.1, 0.15) is 0 Å². The third kappa shape index (κ3) is 1.77. The molecule has 1 aromatic heterocycles. The van der Waals surface area contributed by atoms with Gasteiger partial charge in [0.05, 0.1) is 6.26 Å². The van der Waals surface area contributed by atoms with Crippen LogP contribution in [-0.4, -0.2) is 18.6 Å². The van der Waals surface area contributed by atoms with E-state index in [4.69, 9.17) is 11.6 Å². The summed E-state index contributed by atoms with van der Waals surface area (Å²) in [5.41, 5.74) is 0. The highest BCUT2D eigenvalue weighted by molar-refractivity contribution is 9.10. The zero-order valence-corrected chi connectivity index (χ0v) is 8.74.